The number of anilines is 1. The molecule has 0 aliphatic carbocycles. The van der Waals surface area contributed by atoms with Crippen LogP contribution >= 0.6 is 0 Å². The van der Waals surface area contributed by atoms with E-state index in [1.54, 1.807) is 12.1 Å². The van der Waals surface area contributed by atoms with E-state index in [0.29, 0.717) is 30.9 Å². The van der Waals surface area contributed by atoms with E-state index in [1.165, 1.54) is 13.0 Å². The molecule has 36 heavy (non-hydrogen) atoms. The molecule has 192 valence electrons. The summed E-state index contributed by atoms with van der Waals surface area (Å²) in [5, 5.41) is 5.48. The molecular weight excluding hydrogens is 467 g/mol. The summed E-state index contributed by atoms with van der Waals surface area (Å²) in [5.74, 6) is -1.38. The van der Waals surface area contributed by atoms with Crippen molar-refractivity contribution in [3.63, 3.8) is 0 Å². The summed E-state index contributed by atoms with van der Waals surface area (Å²) >= 11 is 0. The lowest BCUT2D eigenvalue weighted by Gasteiger charge is -2.31. The SMILES string of the molecule is CC1CN(c2ccc(C(C)(C(N)=O)C3CNC(=O)O3)cc2F)CC1NC(=O)COCc1ccccc1. The highest BCUT2D eigenvalue weighted by Crippen LogP contribution is 2.35. The molecule has 4 unspecified atom stereocenters. The predicted molar refractivity (Wildman–Crippen MR) is 131 cm³/mol. The Labute approximate surface area is 209 Å². The van der Waals surface area contributed by atoms with Crippen molar-refractivity contribution in [2.75, 3.05) is 31.1 Å². The monoisotopic (exact) mass is 498 g/mol. The second kappa shape index (κ2) is 10.5. The molecule has 0 saturated carbocycles. The summed E-state index contributed by atoms with van der Waals surface area (Å²) in [5.41, 5.74) is 5.92. The smallest absolute Gasteiger partial charge is 0.407 e. The van der Waals surface area contributed by atoms with Crippen LogP contribution in [-0.4, -0.2) is 56.3 Å². The van der Waals surface area contributed by atoms with Crippen molar-refractivity contribution < 1.29 is 28.2 Å². The predicted octanol–water partition coefficient (Wildman–Crippen LogP) is 1.83. The third-order valence-corrected chi connectivity index (χ3v) is 7.03. The summed E-state index contributed by atoms with van der Waals surface area (Å²) < 4.78 is 26.0. The number of hydrogen-bond acceptors (Lipinski definition) is 6. The number of nitrogens with zero attached hydrogens (tertiary/aromatic N) is 1. The van der Waals surface area contributed by atoms with Crippen LogP contribution in [0.3, 0.4) is 0 Å². The van der Waals surface area contributed by atoms with E-state index in [4.69, 9.17) is 15.2 Å². The molecule has 0 spiro atoms. The van der Waals surface area contributed by atoms with E-state index in [1.807, 2.05) is 42.2 Å². The van der Waals surface area contributed by atoms with Crippen molar-refractivity contribution in [3.05, 3.63) is 65.5 Å². The third kappa shape index (κ3) is 5.28. The molecule has 4 atom stereocenters. The summed E-state index contributed by atoms with van der Waals surface area (Å²) in [7, 11) is 0. The molecule has 2 aromatic carbocycles. The normalized spacial score (nSPS) is 23.0. The number of nitrogens with two attached hydrogens (primary N) is 1. The first-order chi connectivity index (χ1) is 17.2. The van der Waals surface area contributed by atoms with Crippen molar-refractivity contribution in [1.29, 1.82) is 0 Å². The van der Waals surface area contributed by atoms with Gasteiger partial charge in [-0.3, -0.25) is 9.59 Å². The van der Waals surface area contributed by atoms with Crippen LogP contribution in [0.25, 0.3) is 0 Å². The molecular formula is C26H31FN4O5. The second-order valence-electron chi connectivity index (χ2n) is 9.54. The average Bonchev–Trinajstić information content (AvgIpc) is 3.44. The van der Waals surface area contributed by atoms with Gasteiger partial charge >= 0.3 is 6.09 Å². The fraction of sp³-hybridized carbons (Fsp3) is 0.423. The molecule has 9 nitrogen and oxygen atoms in total. The van der Waals surface area contributed by atoms with Crippen molar-refractivity contribution in [3.8, 4) is 0 Å². The van der Waals surface area contributed by atoms with Crippen LogP contribution in [0.5, 0.6) is 0 Å². The zero-order valence-corrected chi connectivity index (χ0v) is 20.3. The Morgan fingerprint density at radius 1 is 1.25 bits per heavy atom. The lowest BCUT2D eigenvalue weighted by molar-refractivity contribution is -0.127. The number of cyclic esters (lactones) is 1. The first kappa shape index (κ1) is 25.4. The maximum absolute atomic E-state index is 15.3. The summed E-state index contributed by atoms with van der Waals surface area (Å²) in [6, 6.07) is 13.9. The van der Waals surface area contributed by atoms with Gasteiger partial charge in [-0.15, -0.1) is 0 Å². The van der Waals surface area contributed by atoms with Crippen LogP contribution in [0.15, 0.2) is 48.5 Å². The summed E-state index contributed by atoms with van der Waals surface area (Å²) in [6.45, 7) is 4.89. The first-order valence-electron chi connectivity index (χ1n) is 11.9. The standard InChI is InChI=1S/C26H31FN4O5/c1-16-12-31(13-20(16)30-23(32)15-35-14-17-6-4-3-5-7-17)21-9-8-18(10-19(21)27)26(2,24(28)33)22-11-29-25(34)36-22/h3-10,16,20,22H,11-15H2,1-2H3,(H2,28,33)(H,29,34)(H,30,32). The van der Waals surface area contributed by atoms with Gasteiger partial charge in [0.1, 0.15) is 23.9 Å². The summed E-state index contributed by atoms with van der Waals surface area (Å²) in [6.07, 6.45) is -1.49. The van der Waals surface area contributed by atoms with Crippen molar-refractivity contribution in [2.45, 2.75) is 38.0 Å². The minimum Gasteiger partial charge on any atom is -0.443 e. The minimum absolute atomic E-state index is 0.0620. The number of carbonyl (C=O) groups excluding carboxylic acids is 3. The van der Waals surface area contributed by atoms with Crippen LogP contribution in [0.1, 0.15) is 25.0 Å². The fourth-order valence-electron chi connectivity index (χ4n) is 4.72. The Kier molecular flexibility index (Phi) is 7.44. The summed E-state index contributed by atoms with van der Waals surface area (Å²) in [4.78, 5) is 38.1. The molecule has 3 amide bonds. The van der Waals surface area contributed by atoms with Crippen molar-refractivity contribution in [1.82, 2.24) is 10.6 Å². The Balaban J connectivity index is 1.38. The minimum atomic E-state index is -1.40. The van der Waals surface area contributed by atoms with Gasteiger partial charge in [0.15, 0.2) is 0 Å². The Bertz CT molecular complexity index is 1130. The Morgan fingerprint density at radius 2 is 2.00 bits per heavy atom. The zero-order valence-electron chi connectivity index (χ0n) is 20.3. The van der Waals surface area contributed by atoms with Gasteiger partial charge in [0.05, 0.1) is 24.9 Å². The number of amides is 3. The molecule has 10 heteroatoms. The lowest BCUT2D eigenvalue weighted by atomic mass is 9.76. The molecule has 0 bridgehead atoms. The number of benzene rings is 2. The fourth-order valence-corrected chi connectivity index (χ4v) is 4.72. The second-order valence-corrected chi connectivity index (χ2v) is 9.54. The maximum atomic E-state index is 15.3. The van der Waals surface area contributed by atoms with Crippen molar-refractivity contribution in [2.24, 2.45) is 11.7 Å². The van der Waals surface area contributed by atoms with E-state index in [0.717, 1.165) is 5.56 Å². The van der Waals surface area contributed by atoms with Gasteiger partial charge in [0.2, 0.25) is 11.8 Å². The van der Waals surface area contributed by atoms with Crippen LogP contribution in [0.2, 0.25) is 0 Å². The number of hydrogen-bond donors (Lipinski definition) is 3. The van der Waals surface area contributed by atoms with Gasteiger partial charge in [0, 0.05) is 13.1 Å². The molecule has 2 aliphatic heterocycles. The van der Waals surface area contributed by atoms with Crippen LogP contribution in [-0.2, 0) is 31.1 Å². The van der Waals surface area contributed by atoms with E-state index < -0.39 is 29.3 Å². The van der Waals surface area contributed by atoms with Gasteiger partial charge < -0.3 is 30.7 Å². The number of carbonyl (C=O) groups is 3. The highest BCUT2D eigenvalue weighted by atomic mass is 19.1. The molecule has 0 aromatic heterocycles. The van der Waals surface area contributed by atoms with E-state index in [2.05, 4.69) is 10.6 Å². The number of halogens is 1. The molecule has 2 saturated heterocycles. The molecule has 4 rings (SSSR count). The van der Waals surface area contributed by atoms with Gasteiger partial charge in [-0.05, 0) is 36.1 Å². The van der Waals surface area contributed by atoms with Gasteiger partial charge in [-0.25, -0.2) is 9.18 Å². The van der Waals surface area contributed by atoms with E-state index in [-0.39, 0.29) is 31.0 Å². The highest BCUT2D eigenvalue weighted by molar-refractivity contribution is 5.88. The number of nitrogens with one attached hydrogen (secondary N) is 2. The maximum Gasteiger partial charge on any atom is 0.407 e. The Morgan fingerprint density at radius 3 is 2.64 bits per heavy atom. The zero-order chi connectivity index (χ0) is 25.9. The van der Waals surface area contributed by atoms with Gasteiger partial charge in [-0.1, -0.05) is 43.3 Å². The topological polar surface area (TPSA) is 123 Å². The average molecular weight is 499 g/mol. The molecule has 2 heterocycles. The van der Waals surface area contributed by atoms with Gasteiger partial charge in [0.25, 0.3) is 0 Å². The molecule has 2 fully saturated rings. The third-order valence-electron chi connectivity index (χ3n) is 7.03. The number of ether oxygens (including phenoxy) is 2. The number of rotatable bonds is 9. The van der Waals surface area contributed by atoms with E-state index in [9.17, 15) is 14.4 Å². The largest absolute Gasteiger partial charge is 0.443 e. The first-order valence-corrected chi connectivity index (χ1v) is 11.9. The molecule has 0 radical (unpaired) electrons. The number of alkyl carbamates (subject to hydrolysis) is 1. The van der Waals surface area contributed by atoms with E-state index >= 15 is 4.39 Å². The highest BCUT2D eigenvalue weighted by Gasteiger charge is 2.47. The molecule has 4 N–H and O–H groups in total. The van der Waals surface area contributed by atoms with Gasteiger partial charge in [-0.2, -0.15) is 0 Å². The number of primary amides is 1. The van der Waals surface area contributed by atoms with Crippen molar-refractivity contribution >= 4 is 23.6 Å². The molecule has 2 aliphatic rings. The molecule has 2 aromatic rings. The Hall–Kier alpha value is -3.66. The van der Waals surface area contributed by atoms with Crippen LogP contribution in [0, 0.1) is 11.7 Å². The van der Waals surface area contributed by atoms with Crippen LogP contribution < -0.4 is 21.3 Å². The van der Waals surface area contributed by atoms with Crippen LogP contribution in [0.4, 0.5) is 14.9 Å². The quantitative estimate of drug-likeness (QED) is 0.485. The lowest BCUT2D eigenvalue weighted by Crippen LogP contribution is -2.49.